The SMILES string of the molecule is Cn1c(=NN)sc2cc(OCC(=O)O)ccc21. The second kappa shape index (κ2) is 4.46. The van der Waals surface area contributed by atoms with E-state index in [0.717, 1.165) is 10.2 Å². The molecule has 0 amide bonds. The van der Waals surface area contributed by atoms with Crippen LogP contribution < -0.4 is 15.4 Å². The molecule has 0 aliphatic carbocycles. The monoisotopic (exact) mass is 253 g/mol. The summed E-state index contributed by atoms with van der Waals surface area (Å²) in [5.74, 6) is 4.77. The molecule has 1 aromatic carbocycles. The van der Waals surface area contributed by atoms with E-state index >= 15 is 0 Å². The number of aryl methyl sites for hydroxylation is 1. The number of aromatic nitrogens is 1. The fourth-order valence-corrected chi connectivity index (χ4v) is 2.44. The van der Waals surface area contributed by atoms with Crippen LogP contribution in [0.2, 0.25) is 0 Å². The zero-order chi connectivity index (χ0) is 12.4. The number of nitrogens with two attached hydrogens (primary N) is 1. The zero-order valence-electron chi connectivity index (χ0n) is 9.08. The standard InChI is InChI=1S/C10H11N3O3S/c1-13-7-3-2-6(16-5-9(14)15)4-8(7)17-10(13)12-11/h2-4H,5,11H2,1H3,(H,14,15). The van der Waals surface area contributed by atoms with Gasteiger partial charge in [-0.2, -0.15) is 5.10 Å². The van der Waals surface area contributed by atoms with E-state index in [-0.39, 0.29) is 6.61 Å². The van der Waals surface area contributed by atoms with Crippen LogP contribution in [-0.4, -0.2) is 22.2 Å². The number of benzene rings is 1. The molecule has 90 valence electrons. The molecule has 3 N–H and O–H groups in total. The van der Waals surface area contributed by atoms with Crippen LogP contribution in [0, 0.1) is 0 Å². The Morgan fingerprint density at radius 2 is 2.41 bits per heavy atom. The van der Waals surface area contributed by atoms with Gasteiger partial charge in [0.2, 0.25) is 4.80 Å². The van der Waals surface area contributed by atoms with Crippen molar-refractivity contribution in [1.82, 2.24) is 4.57 Å². The minimum absolute atomic E-state index is 0.350. The van der Waals surface area contributed by atoms with Crippen LogP contribution in [0.4, 0.5) is 0 Å². The Bertz CT molecular complexity index is 629. The summed E-state index contributed by atoms with van der Waals surface area (Å²) in [5, 5.41) is 12.2. The summed E-state index contributed by atoms with van der Waals surface area (Å²) in [6, 6.07) is 5.34. The summed E-state index contributed by atoms with van der Waals surface area (Å²) in [7, 11) is 1.86. The highest BCUT2D eigenvalue weighted by Crippen LogP contribution is 2.22. The van der Waals surface area contributed by atoms with Gasteiger partial charge in [0, 0.05) is 7.05 Å². The number of thiazole rings is 1. The van der Waals surface area contributed by atoms with Crippen LogP contribution >= 0.6 is 11.3 Å². The van der Waals surface area contributed by atoms with Gasteiger partial charge in [0.25, 0.3) is 0 Å². The highest BCUT2D eigenvalue weighted by Gasteiger charge is 2.05. The topological polar surface area (TPSA) is 89.8 Å². The maximum atomic E-state index is 10.4. The van der Waals surface area contributed by atoms with Crippen molar-refractivity contribution < 1.29 is 14.6 Å². The van der Waals surface area contributed by atoms with Crippen LogP contribution in [0.1, 0.15) is 0 Å². The van der Waals surface area contributed by atoms with Crippen molar-refractivity contribution >= 4 is 27.5 Å². The predicted molar refractivity (Wildman–Crippen MR) is 63.7 cm³/mol. The number of aliphatic carboxylic acids is 1. The molecule has 0 atom stereocenters. The molecule has 0 aliphatic heterocycles. The van der Waals surface area contributed by atoms with Crippen LogP contribution in [0.15, 0.2) is 23.3 Å². The van der Waals surface area contributed by atoms with Gasteiger partial charge in [0.05, 0.1) is 10.2 Å². The molecule has 17 heavy (non-hydrogen) atoms. The van der Waals surface area contributed by atoms with Gasteiger partial charge in [-0.05, 0) is 18.2 Å². The average Bonchev–Trinajstić information content (AvgIpc) is 2.63. The lowest BCUT2D eigenvalue weighted by atomic mass is 10.3. The van der Waals surface area contributed by atoms with Crippen molar-refractivity contribution in [3.8, 4) is 5.75 Å². The Balaban J connectivity index is 2.41. The number of hydrogen-bond donors (Lipinski definition) is 2. The zero-order valence-corrected chi connectivity index (χ0v) is 9.90. The molecule has 0 bridgehead atoms. The van der Waals surface area contributed by atoms with Crippen molar-refractivity contribution in [2.75, 3.05) is 6.61 Å². The molecule has 7 heteroatoms. The molecule has 0 fully saturated rings. The third kappa shape index (κ3) is 2.23. The Kier molecular flexibility index (Phi) is 3.01. The van der Waals surface area contributed by atoms with Gasteiger partial charge in [-0.3, -0.25) is 0 Å². The smallest absolute Gasteiger partial charge is 0.341 e. The Hall–Kier alpha value is -2.02. The molecule has 2 aromatic rings. The van der Waals surface area contributed by atoms with Gasteiger partial charge < -0.3 is 20.3 Å². The second-order valence-corrected chi connectivity index (χ2v) is 4.39. The molecule has 0 saturated heterocycles. The molecule has 0 spiro atoms. The lowest BCUT2D eigenvalue weighted by Gasteiger charge is -2.02. The highest BCUT2D eigenvalue weighted by atomic mass is 32.1. The first-order chi connectivity index (χ1) is 8.11. The van der Waals surface area contributed by atoms with E-state index in [1.807, 2.05) is 17.7 Å². The first kappa shape index (κ1) is 11.5. The second-order valence-electron chi connectivity index (χ2n) is 3.38. The number of rotatable bonds is 3. The number of carboxylic acid groups (broad SMARTS) is 1. The summed E-state index contributed by atoms with van der Waals surface area (Å²) in [6.07, 6.45) is 0. The lowest BCUT2D eigenvalue weighted by Crippen LogP contribution is -2.12. The van der Waals surface area contributed by atoms with Crippen molar-refractivity contribution in [1.29, 1.82) is 0 Å². The van der Waals surface area contributed by atoms with E-state index < -0.39 is 5.97 Å². The van der Waals surface area contributed by atoms with Gasteiger partial charge in [-0.25, -0.2) is 4.79 Å². The first-order valence-electron chi connectivity index (χ1n) is 4.80. The summed E-state index contributed by atoms with van der Waals surface area (Å²) >= 11 is 1.42. The fraction of sp³-hybridized carbons (Fsp3) is 0.200. The molecule has 6 nitrogen and oxygen atoms in total. The molecule has 0 unspecified atom stereocenters. The van der Waals surface area contributed by atoms with E-state index in [0.29, 0.717) is 10.6 Å². The quantitative estimate of drug-likeness (QED) is 0.615. The summed E-state index contributed by atoms with van der Waals surface area (Å²) in [6.45, 7) is -0.350. The molecular formula is C10H11N3O3S. The molecule has 2 rings (SSSR count). The fourth-order valence-electron chi connectivity index (χ4n) is 1.47. The lowest BCUT2D eigenvalue weighted by molar-refractivity contribution is -0.139. The number of fused-ring (bicyclic) bond motifs is 1. The van der Waals surface area contributed by atoms with Crippen molar-refractivity contribution in [2.24, 2.45) is 18.0 Å². The average molecular weight is 253 g/mol. The number of carbonyl (C=O) groups is 1. The van der Waals surface area contributed by atoms with E-state index in [4.69, 9.17) is 15.7 Å². The molecule has 0 aliphatic rings. The number of hydrogen-bond acceptors (Lipinski definition) is 5. The van der Waals surface area contributed by atoms with Gasteiger partial charge in [0.1, 0.15) is 5.75 Å². The van der Waals surface area contributed by atoms with E-state index in [2.05, 4.69) is 5.10 Å². The highest BCUT2D eigenvalue weighted by molar-refractivity contribution is 7.16. The van der Waals surface area contributed by atoms with E-state index in [1.165, 1.54) is 11.3 Å². The van der Waals surface area contributed by atoms with Crippen LogP contribution in [0.25, 0.3) is 10.2 Å². The number of nitrogens with zero attached hydrogens (tertiary/aromatic N) is 2. The summed E-state index contributed by atoms with van der Waals surface area (Å²) in [5.41, 5.74) is 0.974. The Labute approximate surface area is 101 Å². The van der Waals surface area contributed by atoms with Gasteiger partial charge >= 0.3 is 5.97 Å². The van der Waals surface area contributed by atoms with Crippen molar-refractivity contribution in [2.45, 2.75) is 0 Å². The van der Waals surface area contributed by atoms with E-state index in [1.54, 1.807) is 12.1 Å². The summed E-state index contributed by atoms with van der Waals surface area (Å²) < 4.78 is 7.90. The Morgan fingerprint density at radius 1 is 1.65 bits per heavy atom. The summed E-state index contributed by atoms with van der Waals surface area (Å²) in [4.78, 5) is 11.1. The van der Waals surface area contributed by atoms with E-state index in [9.17, 15) is 4.79 Å². The minimum Gasteiger partial charge on any atom is -0.482 e. The molecule has 1 heterocycles. The van der Waals surface area contributed by atoms with Crippen LogP contribution in [-0.2, 0) is 11.8 Å². The van der Waals surface area contributed by atoms with Crippen molar-refractivity contribution in [3.63, 3.8) is 0 Å². The maximum absolute atomic E-state index is 10.4. The normalized spacial score (nSPS) is 11.9. The molecule has 1 aromatic heterocycles. The van der Waals surface area contributed by atoms with Crippen LogP contribution in [0.3, 0.4) is 0 Å². The number of carboxylic acids is 1. The van der Waals surface area contributed by atoms with Gasteiger partial charge in [0.15, 0.2) is 6.61 Å². The molecule has 0 saturated carbocycles. The van der Waals surface area contributed by atoms with Gasteiger partial charge in [-0.15, -0.1) is 0 Å². The van der Waals surface area contributed by atoms with Crippen LogP contribution in [0.5, 0.6) is 5.75 Å². The largest absolute Gasteiger partial charge is 0.482 e. The molecule has 0 radical (unpaired) electrons. The first-order valence-corrected chi connectivity index (χ1v) is 5.61. The molecular weight excluding hydrogens is 242 g/mol. The minimum atomic E-state index is -1.00. The number of ether oxygens (including phenoxy) is 1. The third-order valence-electron chi connectivity index (χ3n) is 2.25. The Morgan fingerprint density at radius 3 is 3.06 bits per heavy atom. The third-order valence-corrected chi connectivity index (χ3v) is 3.36. The van der Waals surface area contributed by atoms with Crippen molar-refractivity contribution in [3.05, 3.63) is 23.0 Å². The maximum Gasteiger partial charge on any atom is 0.341 e. The van der Waals surface area contributed by atoms with Gasteiger partial charge in [-0.1, -0.05) is 11.3 Å². The predicted octanol–water partition coefficient (Wildman–Crippen LogP) is 0.478.